The molecule has 0 unspecified atom stereocenters. The summed E-state index contributed by atoms with van der Waals surface area (Å²) in [6.45, 7) is 3.06. The number of nitrogens with zero attached hydrogens (tertiary/aromatic N) is 2. The highest BCUT2D eigenvalue weighted by atomic mass is 32.2. The molecule has 110 valence electrons. The maximum Gasteiger partial charge on any atom is 0.269 e. The number of nitrogens with one attached hydrogen (secondary N) is 1. The Hall–Kier alpha value is -1.51. The first kappa shape index (κ1) is 14.9. The van der Waals surface area contributed by atoms with Gasteiger partial charge in [-0.3, -0.25) is 10.1 Å². The summed E-state index contributed by atoms with van der Waals surface area (Å²) < 4.78 is 26.5. The van der Waals surface area contributed by atoms with E-state index < -0.39 is 14.9 Å². The molecule has 0 radical (unpaired) electrons. The van der Waals surface area contributed by atoms with Gasteiger partial charge < -0.3 is 4.90 Å². The van der Waals surface area contributed by atoms with Crippen LogP contribution in [0.5, 0.6) is 0 Å². The van der Waals surface area contributed by atoms with E-state index in [4.69, 9.17) is 0 Å². The molecule has 1 heterocycles. The monoisotopic (exact) mass is 299 g/mol. The van der Waals surface area contributed by atoms with Crippen LogP contribution in [0.3, 0.4) is 0 Å². The highest BCUT2D eigenvalue weighted by Gasteiger charge is 2.17. The predicted octanol–water partition coefficient (Wildman–Crippen LogP) is 0.969. The summed E-state index contributed by atoms with van der Waals surface area (Å²) in [5.74, 6) is 0. The van der Waals surface area contributed by atoms with E-state index >= 15 is 0 Å². The molecule has 0 bridgehead atoms. The van der Waals surface area contributed by atoms with E-state index in [1.165, 1.54) is 24.3 Å². The summed E-state index contributed by atoms with van der Waals surface area (Å²) in [5, 5.41) is 10.5. The first-order chi connectivity index (χ1) is 9.49. The molecule has 1 fully saturated rings. The molecule has 20 heavy (non-hydrogen) atoms. The van der Waals surface area contributed by atoms with E-state index in [1.807, 2.05) is 0 Å². The van der Waals surface area contributed by atoms with Crippen LogP contribution in [0, 0.1) is 10.1 Å². The number of sulfonamides is 1. The highest BCUT2D eigenvalue weighted by Crippen LogP contribution is 2.15. The Labute approximate surface area is 117 Å². The second kappa shape index (κ2) is 6.29. The van der Waals surface area contributed by atoms with Crippen molar-refractivity contribution in [2.45, 2.75) is 17.7 Å². The molecule has 0 amide bonds. The van der Waals surface area contributed by atoms with E-state index in [0.717, 1.165) is 25.9 Å². The van der Waals surface area contributed by atoms with Crippen molar-refractivity contribution in [3.63, 3.8) is 0 Å². The molecule has 1 saturated heterocycles. The quantitative estimate of drug-likeness (QED) is 0.624. The third kappa shape index (κ3) is 3.75. The number of non-ortho nitro benzene ring substituents is 1. The number of nitro groups is 1. The summed E-state index contributed by atoms with van der Waals surface area (Å²) >= 11 is 0. The fourth-order valence-corrected chi connectivity index (χ4v) is 3.20. The first-order valence-corrected chi connectivity index (χ1v) is 7.94. The van der Waals surface area contributed by atoms with Crippen LogP contribution in [-0.2, 0) is 10.0 Å². The largest absolute Gasteiger partial charge is 0.302 e. The van der Waals surface area contributed by atoms with Crippen molar-refractivity contribution in [2.24, 2.45) is 0 Å². The van der Waals surface area contributed by atoms with Gasteiger partial charge in [-0.05, 0) is 38.1 Å². The van der Waals surface area contributed by atoms with E-state index in [0.29, 0.717) is 13.1 Å². The Morgan fingerprint density at radius 2 is 1.80 bits per heavy atom. The summed E-state index contributed by atoms with van der Waals surface area (Å²) in [4.78, 5) is 12.2. The van der Waals surface area contributed by atoms with Gasteiger partial charge in [0.1, 0.15) is 0 Å². The van der Waals surface area contributed by atoms with E-state index in [2.05, 4.69) is 9.62 Å². The molecule has 2 rings (SSSR count). The van der Waals surface area contributed by atoms with Crippen molar-refractivity contribution >= 4 is 15.7 Å². The van der Waals surface area contributed by atoms with Crippen LogP contribution in [0.2, 0.25) is 0 Å². The Morgan fingerprint density at radius 1 is 1.20 bits per heavy atom. The average molecular weight is 299 g/mol. The summed E-state index contributed by atoms with van der Waals surface area (Å²) in [5.41, 5.74) is -0.124. The van der Waals surface area contributed by atoms with Crippen molar-refractivity contribution in [1.82, 2.24) is 9.62 Å². The zero-order valence-corrected chi connectivity index (χ0v) is 11.8. The lowest BCUT2D eigenvalue weighted by atomic mass is 10.3. The minimum absolute atomic E-state index is 0.0459. The van der Waals surface area contributed by atoms with Gasteiger partial charge in [0.15, 0.2) is 0 Å². The lowest BCUT2D eigenvalue weighted by molar-refractivity contribution is -0.384. The van der Waals surface area contributed by atoms with Crippen LogP contribution in [-0.4, -0.2) is 44.4 Å². The second-order valence-electron chi connectivity index (χ2n) is 4.70. The number of hydrogen-bond donors (Lipinski definition) is 1. The molecular weight excluding hydrogens is 282 g/mol. The predicted molar refractivity (Wildman–Crippen MR) is 74.0 cm³/mol. The van der Waals surface area contributed by atoms with Crippen LogP contribution in [0.4, 0.5) is 5.69 Å². The van der Waals surface area contributed by atoms with E-state index in [-0.39, 0.29) is 10.6 Å². The molecular formula is C12H17N3O4S. The summed E-state index contributed by atoms with van der Waals surface area (Å²) in [6.07, 6.45) is 2.32. The van der Waals surface area contributed by atoms with E-state index in [1.54, 1.807) is 0 Å². The van der Waals surface area contributed by atoms with Crippen molar-refractivity contribution < 1.29 is 13.3 Å². The Bertz CT molecular complexity index is 565. The minimum Gasteiger partial charge on any atom is -0.302 e. The normalized spacial score (nSPS) is 16.4. The minimum atomic E-state index is -3.59. The van der Waals surface area contributed by atoms with Gasteiger partial charge in [-0.2, -0.15) is 0 Å². The molecule has 1 aliphatic rings. The van der Waals surface area contributed by atoms with Gasteiger partial charge in [0.05, 0.1) is 9.82 Å². The highest BCUT2D eigenvalue weighted by molar-refractivity contribution is 7.89. The lowest BCUT2D eigenvalue weighted by Gasteiger charge is -2.14. The molecule has 0 aliphatic carbocycles. The maximum absolute atomic E-state index is 12.0. The first-order valence-electron chi connectivity index (χ1n) is 6.45. The smallest absolute Gasteiger partial charge is 0.269 e. The number of hydrogen-bond acceptors (Lipinski definition) is 5. The van der Waals surface area contributed by atoms with Gasteiger partial charge in [-0.25, -0.2) is 13.1 Å². The van der Waals surface area contributed by atoms with Crippen molar-refractivity contribution in [1.29, 1.82) is 0 Å². The van der Waals surface area contributed by atoms with Crippen molar-refractivity contribution in [2.75, 3.05) is 26.2 Å². The van der Waals surface area contributed by atoms with Crippen molar-refractivity contribution in [3.05, 3.63) is 34.4 Å². The summed E-state index contributed by atoms with van der Waals surface area (Å²) in [7, 11) is -3.59. The Morgan fingerprint density at radius 3 is 2.35 bits per heavy atom. The zero-order chi connectivity index (χ0) is 14.6. The van der Waals surface area contributed by atoms with Gasteiger partial charge in [-0.15, -0.1) is 0 Å². The zero-order valence-electron chi connectivity index (χ0n) is 11.0. The van der Waals surface area contributed by atoms with E-state index in [9.17, 15) is 18.5 Å². The lowest BCUT2D eigenvalue weighted by Crippen LogP contribution is -2.33. The van der Waals surface area contributed by atoms with Gasteiger partial charge >= 0.3 is 0 Å². The molecule has 0 spiro atoms. The summed E-state index contributed by atoms with van der Waals surface area (Å²) in [6, 6.07) is 4.87. The number of rotatable bonds is 6. The number of nitro benzene ring substituents is 1. The molecule has 1 aromatic carbocycles. The molecule has 0 saturated carbocycles. The molecule has 1 aromatic rings. The van der Waals surface area contributed by atoms with Gasteiger partial charge in [-0.1, -0.05) is 0 Å². The second-order valence-corrected chi connectivity index (χ2v) is 6.46. The van der Waals surface area contributed by atoms with Crippen LogP contribution in [0.1, 0.15) is 12.8 Å². The van der Waals surface area contributed by atoms with Crippen LogP contribution < -0.4 is 4.72 Å². The standard InChI is InChI=1S/C12H17N3O4S/c16-15(17)11-3-5-12(6-4-11)20(18,19)13-7-10-14-8-1-2-9-14/h3-6,13H,1-2,7-10H2. The average Bonchev–Trinajstić information content (AvgIpc) is 2.92. The van der Waals surface area contributed by atoms with Crippen LogP contribution in [0.15, 0.2) is 29.2 Å². The third-order valence-corrected chi connectivity index (χ3v) is 4.75. The van der Waals surface area contributed by atoms with Gasteiger partial charge in [0.25, 0.3) is 5.69 Å². The van der Waals surface area contributed by atoms with Crippen LogP contribution in [0.25, 0.3) is 0 Å². The third-order valence-electron chi connectivity index (χ3n) is 3.28. The van der Waals surface area contributed by atoms with Crippen molar-refractivity contribution in [3.8, 4) is 0 Å². The Balaban J connectivity index is 1.93. The maximum atomic E-state index is 12.0. The fourth-order valence-electron chi connectivity index (χ4n) is 2.17. The number of likely N-dealkylation sites (tertiary alicyclic amines) is 1. The van der Waals surface area contributed by atoms with Crippen LogP contribution >= 0.6 is 0 Å². The number of benzene rings is 1. The topological polar surface area (TPSA) is 92.5 Å². The molecule has 8 heteroatoms. The SMILES string of the molecule is O=[N+]([O-])c1ccc(S(=O)(=O)NCCN2CCCC2)cc1. The van der Waals surface area contributed by atoms with Gasteiger partial charge in [0.2, 0.25) is 10.0 Å². The molecule has 7 nitrogen and oxygen atoms in total. The Kier molecular flexibility index (Phi) is 4.69. The van der Waals surface area contributed by atoms with Gasteiger partial charge in [0, 0.05) is 25.2 Å². The molecule has 0 aromatic heterocycles. The molecule has 0 atom stereocenters. The fraction of sp³-hybridized carbons (Fsp3) is 0.500. The molecule has 1 N–H and O–H groups in total. The molecule has 1 aliphatic heterocycles.